The normalized spacial score (nSPS) is 12.6. The second-order valence-corrected chi connectivity index (χ2v) is 8.08. The second-order valence-electron chi connectivity index (χ2n) is 2.75. The van der Waals surface area contributed by atoms with Crippen LogP contribution in [0.25, 0.3) is 0 Å². The summed E-state index contributed by atoms with van der Waals surface area (Å²) in [4.78, 5) is 6.96. The molecule has 6 nitrogen and oxygen atoms in total. The molecule has 0 radical (unpaired) electrons. The molecule has 10 heteroatoms. The fourth-order valence-electron chi connectivity index (χ4n) is 0.762. The zero-order chi connectivity index (χ0) is 12.4. The fraction of sp³-hybridized carbons (Fsp3) is 0.333. The topological polar surface area (TPSA) is 94.1 Å². The van der Waals surface area contributed by atoms with Gasteiger partial charge in [-0.2, -0.15) is 0 Å². The summed E-state index contributed by atoms with van der Waals surface area (Å²) in [5.41, 5.74) is 0. The number of sulfone groups is 1. The third kappa shape index (κ3) is 4.20. The number of nitrogens with zero attached hydrogens (tertiary/aromatic N) is 2. The van der Waals surface area contributed by atoms with E-state index in [0.717, 1.165) is 12.4 Å². The lowest BCUT2D eigenvalue weighted by Crippen LogP contribution is -2.16. The minimum atomic E-state index is -3.86. The maximum Gasteiger partial charge on any atom is 0.247 e. The number of rotatable bonds is 4. The van der Waals surface area contributed by atoms with Crippen LogP contribution >= 0.6 is 22.3 Å². The second kappa shape index (κ2) is 4.82. The van der Waals surface area contributed by atoms with Gasteiger partial charge in [0.2, 0.25) is 24.0 Å². The van der Waals surface area contributed by atoms with Gasteiger partial charge in [-0.3, -0.25) is 0 Å². The monoisotopic (exact) mass is 304 g/mol. The Labute approximate surface area is 102 Å². The van der Waals surface area contributed by atoms with Crippen molar-refractivity contribution in [3.8, 4) is 0 Å². The molecule has 0 aliphatic rings. The first-order valence-electron chi connectivity index (χ1n) is 3.83. The Kier molecular flexibility index (Phi) is 4.11. The highest BCUT2D eigenvalue weighted by Crippen LogP contribution is 2.09. The molecule has 0 saturated carbocycles. The van der Waals surface area contributed by atoms with Gasteiger partial charge in [-0.25, -0.2) is 26.8 Å². The molecule has 1 heterocycles. The van der Waals surface area contributed by atoms with E-state index in [0.29, 0.717) is 0 Å². The zero-order valence-corrected chi connectivity index (χ0v) is 10.8. The van der Waals surface area contributed by atoms with Gasteiger partial charge in [0, 0.05) is 10.7 Å². The predicted octanol–water partition coefficient (Wildman–Crippen LogP) is 0.472. The van der Waals surface area contributed by atoms with Crippen molar-refractivity contribution >= 4 is 41.2 Å². The van der Waals surface area contributed by atoms with Crippen LogP contribution in [0.15, 0.2) is 17.6 Å². The van der Waals surface area contributed by atoms with Crippen molar-refractivity contribution < 1.29 is 16.8 Å². The maximum absolute atomic E-state index is 11.5. The SMILES string of the molecule is O=S(=O)(Cl)CCS(=O)(=O)c1ncc(Cl)cn1. The van der Waals surface area contributed by atoms with E-state index in [1.165, 1.54) is 0 Å². The highest BCUT2D eigenvalue weighted by atomic mass is 35.7. The Morgan fingerprint density at radius 3 is 2.00 bits per heavy atom. The van der Waals surface area contributed by atoms with E-state index in [9.17, 15) is 16.8 Å². The molecule has 1 aromatic heterocycles. The van der Waals surface area contributed by atoms with E-state index in [1.807, 2.05) is 0 Å². The first-order valence-corrected chi connectivity index (χ1v) is 8.34. The van der Waals surface area contributed by atoms with Gasteiger partial charge < -0.3 is 0 Å². The summed E-state index contributed by atoms with van der Waals surface area (Å²) in [6, 6.07) is 0. The van der Waals surface area contributed by atoms with Crippen LogP contribution in [-0.4, -0.2) is 38.3 Å². The van der Waals surface area contributed by atoms with E-state index in [-0.39, 0.29) is 5.02 Å². The molecule has 0 amide bonds. The molecule has 0 N–H and O–H groups in total. The minimum absolute atomic E-state index is 0.184. The molecule has 90 valence electrons. The molecule has 1 aromatic rings. The fourth-order valence-corrected chi connectivity index (χ4v) is 3.71. The number of aromatic nitrogens is 2. The Hall–Kier alpha value is -0.440. The maximum atomic E-state index is 11.5. The van der Waals surface area contributed by atoms with Crippen LogP contribution in [0.1, 0.15) is 0 Å². The molecule has 0 spiro atoms. The summed E-state index contributed by atoms with van der Waals surface area (Å²) in [6.45, 7) is 0. The lowest BCUT2D eigenvalue weighted by atomic mass is 10.7. The van der Waals surface area contributed by atoms with Crippen LogP contribution in [0, 0.1) is 0 Å². The Morgan fingerprint density at radius 1 is 1.06 bits per heavy atom. The van der Waals surface area contributed by atoms with Gasteiger partial charge >= 0.3 is 0 Å². The van der Waals surface area contributed by atoms with Crippen LogP contribution in [0.4, 0.5) is 0 Å². The van der Waals surface area contributed by atoms with E-state index in [2.05, 4.69) is 9.97 Å². The summed E-state index contributed by atoms with van der Waals surface area (Å²) < 4.78 is 44.2. The number of hydrogen-bond donors (Lipinski definition) is 0. The summed E-state index contributed by atoms with van der Waals surface area (Å²) in [5, 5.41) is -0.291. The quantitative estimate of drug-likeness (QED) is 0.593. The lowest BCUT2D eigenvalue weighted by molar-refractivity contribution is 0.585. The van der Waals surface area contributed by atoms with Gasteiger partial charge in [-0.05, 0) is 0 Å². The van der Waals surface area contributed by atoms with Crippen LogP contribution in [0.3, 0.4) is 0 Å². The summed E-state index contributed by atoms with van der Waals surface area (Å²) >= 11 is 5.47. The van der Waals surface area contributed by atoms with Crippen molar-refractivity contribution in [2.75, 3.05) is 11.5 Å². The average molecular weight is 305 g/mol. The van der Waals surface area contributed by atoms with E-state index in [4.69, 9.17) is 22.3 Å². The Bertz CT molecular complexity index is 567. The molecule has 0 aliphatic heterocycles. The molecule has 0 aliphatic carbocycles. The highest BCUT2D eigenvalue weighted by Gasteiger charge is 2.20. The van der Waals surface area contributed by atoms with Gasteiger partial charge in [-0.15, -0.1) is 0 Å². The van der Waals surface area contributed by atoms with Gasteiger partial charge in [-0.1, -0.05) is 11.6 Å². The Balaban J connectivity index is 2.91. The summed E-state index contributed by atoms with van der Waals surface area (Å²) in [5.74, 6) is -1.36. The molecule has 0 fully saturated rings. The molecule has 1 rings (SSSR count). The van der Waals surface area contributed by atoms with E-state index >= 15 is 0 Å². The third-order valence-electron chi connectivity index (χ3n) is 1.47. The first-order chi connectivity index (χ1) is 7.21. The van der Waals surface area contributed by atoms with Crippen LogP contribution in [-0.2, 0) is 18.9 Å². The van der Waals surface area contributed by atoms with Crippen LogP contribution in [0.2, 0.25) is 5.02 Å². The van der Waals surface area contributed by atoms with Crippen molar-refractivity contribution in [1.29, 1.82) is 0 Å². The highest BCUT2D eigenvalue weighted by molar-refractivity contribution is 8.14. The van der Waals surface area contributed by atoms with Crippen molar-refractivity contribution in [1.82, 2.24) is 9.97 Å². The van der Waals surface area contributed by atoms with Gasteiger partial charge in [0.25, 0.3) is 0 Å². The molecular formula is C6H6Cl2N2O4S2. The van der Waals surface area contributed by atoms with Crippen LogP contribution < -0.4 is 0 Å². The smallest absolute Gasteiger partial charge is 0.225 e. The van der Waals surface area contributed by atoms with Crippen molar-refractivity contribution in [2.45, 2.75) is 5.16 Å². The van der Waals surface area contributed by atoms with Gasteiger partial charge in [0.15, 0.2) is 0 Å². The summed E-state index contributed by atoms with van der Waals surface area (Å²) in [6.07, 6.45) is 2.22. The summed E-state index contributed by atoms with van der Waals surface area (Å²) in [7, 11) is -2.82. The van der Waals surface area contributed by atoms with Crippen molar-refractivity contribution in [3.63, 3.8) is 0 Å². The van der Waals surface area contributed by atoms with E-state index < -0.39 is 35.6 Å². The minimum Gasteiger partial charge on any atom is -0.225 e. The largest absolute Gasteiger partial charge is 0.247 e. The molecule has 0 aromatic carbocycles. The van der Waals surface area contributed by atoms with E-state index in [1.54, 1.807) is 0 Å². The van der Waals surface area contributed by atoms with Gasteiger partial charge in [0.05, 0.1) is 28.9 Å². The van der Waals surface area contributed by atoms with Crippen molar-refractivity contribution in [3.05, 3.63) is 17.4 Å². The average Bonchev–Trinajstić information content (AvgIpc) is 2.15. The molecule has 0 atom stereocenters. The lowest BCUT2D eigenvalue weighted by Gasteiger charge is -2.00. The van der Waals surface area contributed by atoms with Crippen molar-refractivity contribution in [2.24, 2.45) is 0 Å². The molecular weight excluding hydrogens is 299 g/mol. The van der Waals surface area contributed by atoms with Crippen LogP contribution in [0.5, 0.6) is 0 Å². The zero-order valence-electron chi connectivity index (χ0n) is 7.67. The third-order valence-corrected chi connectivity index (χ3v) is 4.59. The standard InChI is InChI=1S/C6H6Cl2N2O4S2/c7-5-3-9-6(10-4-5)15(11,12)1-2-16(8,13)14/h3-4H,1-2H2. The number of hydrogen-bond acceptors (Lipinski definition) is 6. The predicted molar refractivity (Wildman–Crippen MR) is 58.7 cm³/mol. The van der Waals surface area contributed by atoms with Gasteiger partial charge in [0.1, 0.15) is 0 Å². The molecule has 0 saturated heterocycles. The molecule has 0 unspecified atom stereocenters. The Morgan fingerprint density at radius 2 is 1.56 bits per heavy atom. The first kappa shape index (κ1) is 13.6. The molecule has 16 heavy (non-hydrogen) atoms. The molecule has 0 bridgehead atoms. The number of halogens is 2.